The minimum Gasteiger partial charge on any atom is -0.324 e. The van der Waals surface area contributed by atoms with Gasteiger partial charge in [0, 0.05) is 12.2 Å². The molecule has 0 saturated carbocycles. The maximum Gasteiger partial charge on any atom is 0.325 e. The number of aryl methyl sites for hydroxylation is 1. The molecule has 1 aromatic carbocycles. The van der Waals surface area contributed by atoms with Gasteiger partial charge in [0.05, 0.1) is 0 Å². The first-order valence-electron chi connectivity index (χ1n) is 7.42. The Labute approximate surface area is 129 Å². The van der Waals surface area contributed by atoms with E-state index >= 15 is 0 Å². The molecule has 2 heterocycles. The topological polar surface area (TPSA) is 69.7 Å². The predicted octanol–water partition coefficient (Wildman–Crippen LogP) is 1.30. The summed E-state index contributed by atoms with van der Waals surface area (Å²) in [4.78, 5) is 39.3. The Morgan fingerprint density at radius 1 is 1.27 bits per heavy atom. The van der Waals surface area contributed by atoms with Gasteiger partial charge in [-0.2, -0.15) is 0 Å². The van der Waals surface area contributed by atoms with Crippen molar-refractivity contribution >= 4 is 23.5 Å². The number of carbonyl (C=O) groups is 3. The fourth-order valence-electron chi connectivity index (χ4n) is 2.97. The lowest BCUT2D eigenvalue weighted by Crippen LogP contribution is -2.46. The Bertz CT molecular complexity index is 654. The van der Waals surface area contributed by atoms with Crippen LogP contribution in [0.25, 0.3) is 0 Å². The quantitative estimate of drug-likeness (QED) is 0.837. The number of hydrogen-bond acceptors (Lipinski definition) is 3. The Kier molecular flexibility index (Phi) is 3.39. The Morgan fingerprint density at radius 3 is 2.68 bits per heavy atom. The van der Waals surface area contributed by atoms with E-state index < -0.39 is 11.6 Å². The third-order valence-electron chi connectivity index (χ3n) is 4.15. The zero-order valence-corrected chi connectivity index (χ0v) is 12.8. The molecular formula is C16H19N3O3. The van der Waals surface area contributed by atoms with Gasteiger partial charge in [-0.1, -0.05) is 18.2 Å². The third-order valence-corrected chi connectivity index (χ3v) is 4.15. The third kappa shape index (κ3) is 2.34. The molecule has 0 bridgehead atoms. The van der Waals surface area contributed by atoms with Gasteiger partial charge in [-0.15, -0.1) is 0 Å². The lowest BCUT2D eigenvalue weighted by atomic mass is 10.0. The molecule has 6 heteroatoms. The lowest BCUT2D eigenvalue weighted by molar-refractivity contribution is -0.133. The van der Waals surface area contributed by atoms with E-state index in [1.54, 1.807) is 18.7 Å². The molecule has 3 rings (SSSR count). The molecule has 0 spiro atoms. The maximum absolute atomic E-state index is 12.6. The highest BCUT2D eigenvalue weighted by atomic mass is 16.2. The number of fused-ring (bicyclic) bond motifs is 1. The Morgan fingerprint density at radius 2 is 2.00 bits per heavy atom. The van der Waals surface area contributed by atoms with Crippen molar-refractivity contribution in [3.8, 4) is 0 Å². The number of anilines is 1. The van der Waals surface area contributed by atoms with Crippen molar-refractivity contribution < 1.29 is 14.4 Å². The van der Waals surface area contributed by atoms with Crippen LogP contribution in [-0.2, 0) is 16.0 Å². The molecule has 4 amide bonds. The highest BCUT2D eigenvalue weighted by Gasteiger charge is 2.45. The van der Waals surface area contributed by atoms with Gasteiger partial charge in [0.15, 0.2) is 0 Å². The van der Waals surface area contributed by atoms with E-state index in [-0.39, 0.29) is 18.4 Å². The van der Waals surface area contributed by atoms with E-state index in [1.807, 2.05) is 24.3 Å². The van der Waals surface area contributed by atoms with Crippen LogP contribution in [0.1, 0.15) is 25.8 Å². The van der Waals surface area contributed by atoms with Crippen LogP contribution in [0.2, 0.25) is 0 Å². The normalized spacial score (nSPS) is 19.9. The van der Waals surface area contributed by atoms with E-state index in [1.165, 1.54) is 0 Å². The summed E-state index contributed by atoms with van der Waals surface area (Å²) in [6.45, 7) is 3.66. The first-order chi connectivity index (χ1) is 10.4. The summed E-state index contributed by atoms with van der Waals surface area (Å²) < 4.78 is 0. The van der Waals surface area contributed by atoms with Gasteiger partial charge < -0.3 is 10.2 Å². The summed E-state index contributed by atoms with van der Waals surface area (Å²) in [5.74, 6) is -0.593. The highest BCUT2D eigenvalue weighted by molar-refractivity contribution is 6.10. The summed E-state index contributed by atoms with van der Waals surface area (Å²) in [7, 11) is 0. The van der Waals surface area contributed by atoms with Crippen LogP contribution in [0, 0.1) is 0 Å². The molecule has 1 aromatic rings. The molecule has 22 heavy (non-hydrogen) atoms. The highest BCUT2D eigenvalue weighted by Crippen LogP contribution is 2.27. The first-order valence-corrected chi connectivity index (χ1v) is 7.42. The number of para-hydroxylation sites is 1. The van der Waals surface area contributed by atoms with Crippen LogP contribution in [0.15, 0.2) is 24.3 Å². The fourth-order valence-corrected chi connectivity index (χ4v) is 2.97. The molecule has 1 saturated heterocycles. The number of imide groups is 1. The molecule has 0 aliphatic carbocycles. The van der Waals surface area contributed by atoms with Gasteiger partial charge in [0.25, 0.3) is 5.91 Å². The van der Waals surface area contributed by atoms with Crippen LogP contribution >= 0.6 is 0 Å². The number of rotatable bonds is 2. The van der Waals surface area contributed by atoms with E-state index in [0.29, 0.717) is 6.54 Å². The molecule has 0 atom stereocenters. The van der Waals surface area contributed by atoms with Gasteiger partial charge in [0.1, 0.15) is 12.1 Å². The number of amides is 4. The monoisotopic (exact) mass is 301 g/mol. The van der Waals surface area contributed by atoms with Crippen molar-refractivity contribution in [1.82, 2.24) is 10.2 Å². The maximum atomic E-state index is 12.6. The Hall–Kier alpha value is -2.37. The SMILES string of the molecule is CC1(C)NC(=O)N(CC(=O)N2CCCc3ccccc32)C1=O. The largest absolute Gasteiger partial charge is 0.325 e. The van der Waals surface area contributed by atoms with Crippen molar-refractivity contribution in [3.63, 3.8) is 0 Å². The second-order valence-corrected chi connectivity index (χ2v) is 6.22. The van der Waals surface area contributed by atoms with Crippen LogP contribution in [0.5, 0.6) is 0 Å². The van der Waals surface area contributed by atoms with Gasteiger partial charge in [-0.3, -0.25) is 14.5 Å². The average molecular weight is 301 g/mol. The summed E-state index contributed by atoms with van der Waals surface area (Å²) in [6.07, 6.45) is 1.82. The summed E-state index contributed by atoms with van der Waals surface area (Å²) in [5.41, 5.74) is 1.06. The standard InChI is InChI=1S/C16H19N3O3/c1-16(2)14(21)19(15(22)17-16)10-13(20)18-9-5-7-11-6-3-4-8-12(11)18/h3-4,6,8H,5,7,9-10H2,1-2H3,(H,17,22). The molecule has 2 aliphatic heterocycles. The lowest BCUT2D eigenvalue weighted by Gasteiger charge is -2.30. The minimum absolute atomic E-state index is 0.220. The summed E-state index contributed by atoms with van der Waals surface area (Å²) in [5, 5.41) is 2.59. The Balaban J connectivity index is 1.79. The number of carbonyl (C=O) groups excluding carboxylic acids is 3. The molecule has 1 N–H and O–H groups in total. The number of nitrogens with zero attached hydrogens (tertiary/aromatic N) is 2. The van der Waals surface area contributed by atoms with Crippen LogP contribution in [-0.4, -0.2) is 41.4 Å². The smallest absolute Gasteiger partial charge is 0.324 e. The average Bonchev–Trinajstić information content (AvgIpc) is 2.68. The number of nitrogens with one attached hydrogen (secondary N) is 1. The molecule has 6 nitrogen and oxygen atoms in total. The first kappa shape index (κ1) is 14.6. The zero-order chi connectivity index (χ0) is 15.9. The van der Waals surface area contributed by atoms with Gasteiger partial charge in [-0.25, -0.2) is 4.79 Å². The molecule has 0 unspecified atom stereocenters. The number of benzene rings is 1. The summed E-state index contributed by atoms with van der Waals surface area (Å²) >= 11 is 0. The molecule has 0 aromatic heterocycles. The second-order valence-electron chi connectivity index (χ2n) is 6.22. The van der Waals surface area contributed by atoms with Crippen molar-refractivity contribution in [2.75, 3.05) is 18.0 Å². The zero-order valence-electron chi connectivity index (χ0n) is 12.8. The van der Waals surface area contributed by atoms with E-state index in [2.05, 4.69) is 5.32 Å². The van der Waals surface area contributed by atoms with E-state index in [0.717, 1.165) is 29.0 Å². The van der Waals surface area contributed by atoms with Gasteiger partial charge in [0.2, 0.25) is 5.91 Å². The summed E-state index contributed by atoms with van der Waals surface area (Å²) in [6, 6.07) is 7.25. The number of hydrogen-bond donors (Lipinski definition) is 1. The van der Waals surface area contributed by atoms with Crippen molar-refractivity contribution in [2.24, 2.45) is 0 Å². The van der Waals surface area contributed by atoms with Gasteiger partial charge in [-0.05, 0) is 38.3 Å². The fraction of sp³-hybridized carbons (Fsp3) is 0.438. The minimum atomic E-state index is -0.947. The number of urea groups is 1. The molecule has 0 radical (unpaired) electrons. The van der Waals surface area contributed by atoms with Crippen molar-refractivity contribution in [3.05, 3.63) is 29.8 Å². The van der Waals surface area contributed by atoms with Crippen LogP contribution in [0.3, 0.4) is 0 Å². The van der Waals surface area contributed by atoms with Crippen LogP contribution < -0.4 is 10.2 Å². The molecule has 116 valence electrons. The van der Waals surface area contributed by atoms with Crippen molar-refractivity contribution in [1.29, 1.82) is 0 Å². The predicted molar refractivity (Wildman–Crippen MR) is 81.4 cm³/mol. The van der Waals surface area contributed by atoms with E-state index in [9.17, 15) is 14.4 Å². The molecule has 2 aliphatic rings. The van der Waals surface area contributed by atoms with Crippen molar-refractivity contribution in [2.45, 2.75) is 32.2 Å². The van der Waals surface area contributed by atoms with Crippen LogP contribution in [0.4, 0.5) is 10.5 Å². The van der Waals surface area contributed by atoms with E-state index in [4.69, 9.17) is 0 Å². The second kappa shape index (κ2) is 5.12. The van der Waals surface area contributed by atoms with Gasteiger partial charge >= 0.3 is 6.03 Å². The molecular weight excluding hydrogens is 282 g/mol. The molecule has 1 fully saturated rings.